The van der Waals surface area contributed by atoms with Gasteiger partial charge in [-0.2, -0.15) is 0 Å². The van der Waals surface area contributed by atoms with Gasteiger partial charge in [-0.3, -0.25) is 14.5 Å². The summed E-state index contributed by atoms with van der Waals surface area (Å²) in [6.07, 6.45) is 3.01. The number of aliphatic hydroxyl groups is 1. The van der Waals surface area contributed by atoms with Crippen molar-refractivity contribution in [3.05, 3.63) is 121 Å². The summed E-state index contributed by atoms with van der Waals surface area (Å²) in [7, 11) is 0. The fraction of sp³-hybridized carbons (Fsp3) is 0.0714. The molecule has 11 heteroatoms. The van der Waals surface area contributed by atoms with Crippen LogP contribution in [0.25, 0.3) is 6.08 Å². The highest BCUT2D eigenvalue weighted by atomic mass is 79.9. The van der Waals surface area contributed by atoms with Gasteiger partial charge in [0.15, 0.2) is 15.9 Å². The molecule has 0 spiro atoms. The van der Waals surface area contributed by atoms with Crippen molar-refractivity contribution in [1.29, 1.82) is 0 Å². The zero-order valence-electron chi connectivity index (χ0n) is 19.9. The minimum absolute atomic E-state index is 0.0214. The van der Waals surface area contributed by atoms with Crippen molar-refractivity contribution in [2.24, 2.45) is 0 Å². The third kappa shape index (κ3) is 6.13. The van der Waals surface area contributed by atoms with Crippen LogP contribution in [0.1, 0.15) is 22.7 Å². The second-order valence-corrected chi connectivity index (χ2v) is 12.3. The number of amides is 1. The lowest BCUT2D eigenvalue weighted by Gasteiger charge is -2.23. The molecule has 39 heavy (non-hydrogen) atoms. The highest BCUT2D eigenvalue weighted by molar-refractivity contribution is 9.10. The highest BCUT2D eigenvalue weighted by Gasteiger charge is 2.45. The molecule has 0 saturated heterocycles. The average molecular weight is 659 g/mol. The molecular weight excluding hydrogens is 641 g/mol. The minimum atomic E-state index is -0.880. The fourth-order valence-electron chi connectivity index (χ4n) is 3.98. The predicted octanol–water partition coefficient (Wildman–Crippen LogP) is 8.08. The van der Waals surface area contributed by atoms with Crippen LogP contribution in [0.5, 0.6) is 0 Å². The van der Waals surface area contributed by atoms with Gasteiger partial charge in [0, 0.05) is 20.3 Å². The number of hydrogen-bond acceptors (Lipinski definition) is 7. The Kier molecular flexibility index (Phi) is 8.54. The van der Waals surface area contributed by atoms with Gasteiger partial charge in [0.05, 0.1) is 11.6 Å². The minimum Gasteiger partial charge on any atom is -0.503 e. The summed E-state index contributed by atoms with van der Waals surface area (Å²) >= 11 is 18.3. The highest BCUT2D eigenvalue weighted by Crippen LogP contribution is 2.43. The molecule has 1 aliphatic rings. The molecule has 0 fully saturated rings. The zero-order valence-corrected chi connectivity index (χ0v) is 24.7. The van der Waals surface area contributed by atoms with Gasteiger partial charge in [-0.15, -0.1) is 10.2 Å². The fourth-order valence-corrected chi connectivity index (χ4v) is 6.67. The summed E-state index contributed by atoms with van der Waals surface area (Å²) < 4.78 is 1.43. The second-order valence-electron chi connectivity index (χ2n) is 8.37. The van der Waals surface area contributed by atoms with Gasteiger partial charge in [-0.25, -0.2) is 0 Å². The summed E-state index contributed by atoms with van der Waals surface area (Å²) in [5.74, 6) is -1.28. The van der Waals surface area contributed by atoms with Crippen molar-refractivity contribution < 1.29 is 14.7 Å². The predicted molar refractivity (Wildman–Crippen MR) is 160 cm³/mol. The molecule has 5 rings (SSSR count). The van der Waals surface area contributed by atoms with Crippen LogP contribution >= 0.6 is 62.2 Å². The molecule has 1 atom stereocenters. The number of anilines is 1. The van der Waals surface area contributed by atoms with Gasteiger partial charge < -0.3 is 5.11 Å². The van der Waals surface area contributed by atoms with Crippen molar-refractivity contribution >= 4 is 85.1 Å². The van der Waals surface area contributed by atoms with E-state index in [-0.39, 0.29) is 10.7 Å². The molecule has 3 aromatic carbocycles. The van der Waals surface area contributed by atoms with E-state index < -0.39 is 23.5 Å². The molecule has 1 amide bonds. The first-order valence-electron chi connectivity index (χ1n) is 11.5. The molecule has 196 valence electrons. The van der Waals surface area contributed by atoms with Crippen molar-refractivity contribution in [2.45, 2.75) is 16.1 Å². The smallest absolute Gasteiger partial charge is 0.296 e. The number of thioether (sulfide) groups is 1. The van der Waals surface area contributed by atoms with Crippen molar-refractivity contribution in [1.82, 2.24) is 10.2 Å². The summed E-state index contributed by atoms with van der Waals surface area (Å²) in [6, 6.07) is 20.9. The van der Waals surface area contributed by atoms with Gasteiger partial charge in [0.1, 0.15) is 0 Å². The number of benzene rings is 3. The number of halogens is 3. The number of nitrogens with zero attached hydrogens (tertiary/aromatic N) is 3. The molecular formula is C28H18BrCl2N3O3S2. The Labute approximate surface area is 251 Å². The summed E-state index contributed by atoms with van der Waals surface area (Å²) in [6.45, 7) is 0. The van der Waals surface area contributed by atoms with E-state index in [0.717, 1.165) is 15.6 Å². The number of aliphatic hydroxyl groups excluding tert-OH is 1. The molecule has 1 aliphatic heterocycles. The summed E-state index contributed by atoms with van der Waals surface area (Å²) in [5.41, 5.74) is 2.32. The van der Waals surface area contributed by atoms with Gasteiger partial charge in [0.25, 0.3) is 5.91 Å². The van der Waals surface area contributed by atoms with Crippen LogP contribution in [0.3, 0.4) is 0 Å². The first-order chi connectivity index (χ1) is 18.8. The molecule has 0 bridgehead atoms. The molecule has 4 aromatic rings. The van der Waals surface area contributed by atoms with Gasteiger partial charge in [-0.05, 0) is 47.0 Å². The molecule has 1 aromatic heterocycles. The largest absolute Gasteiger partial charge is 0.503 e. The Balaban J connectivity index is 1.45. The maximum Gasteiger partial charge on any atom is 0.296 e. The van der Waals surface area contributed by atoms with Crippen LogP contribution in [0.4, 0.5) is 5.13 Å². The maximum atomic E-state index is 13.4. The van der Waals surface area contributed by atoms with Crippen LogP contribution in [-0.4, -0.2) is 27.0 Å². The molecule has 6 nitrogen and oxygen atoms in total. The summed E-state index contributed by atoms with van der Waals surface area (Å²) in [4.78, 5) is 28.0. The number of ketones is 1. The first-order valence-corrected chi connectivity index (χ1v) is 14.9. The van der Waals surface area contributed by atoms with E-state index in [1.807, 2.05) is 48.5 Å². The maximum absolute atomic E-state index is 13.4. The normalized spacial score (nSPS) is 15.5. The lowest BCUT2D eigenvalue weighted by atomic mass is 9.96. The van der Waals surface area contributed by atoms with Crippen molar-refractivity contribution in [3.63, 3.8) is 0 Å². The van der Waals surface area contributed by atoms with E-state index in [2.05, 4.69) is 26.1 Å². The van der Waals surface area contributed by atoms with E-state index in [1.54, 1.807) is 30.3 Å². The SMILES string of the molecule is O=C(C=Cc1ccccc1)C1=C(O)C(=O)N(c2nnc(SCc3ccc(Cl)cc3Cl)s2)C1c1ccc(Br)cc1. The number of hydrogen-bond donors (Lipinski definition) is 1. The first kappa shape index (κ1) is 27.6. The quantitative estimate of drug-likeness (QED) is 0.117. The van der Waals surface area contributed by atoms with Gasteiger partial charge in [0.2, 0.25) is 5.13 Å². The molecule has 0 radical (unpaired) electrons. The van der Waals surface area contributed by atoms with Gasteiger partial charge in [-0.1, -0.05) is 117 Å². The second kappa shape index (κ2) is 12.1. The van der Waals surface area contributed by atoms with Crippen LogP contribution in [-0.2, 0) is 15.3 Å². The monoisotopic (exact) mass is 657 g/mol. The zero-order chi connectivity index (χ0) is 27.5. The molecule has 1 unspecified atom stereocenters. The third-order valence-corrected chi connectivity index (χ3v) is 9.07. The number of rotatable bonds is 8. The number of carbonyl (C=O) groups is 2. The third-order valence-electron chi connectivity index (χ3n) is 5.85. The van der Waals surface area contributed by atoms with E-state index in [1.165, 1.54) is 34.1 Å². The molecule has 1 N–H and O–H groups in total. The number of allylic oxidation sites excluding steroid dienone is 1. The Morgan fingerprint density at radius 2 is 1.82 bits per heavy atom. The Morgan fingerprint density at radius 1 is 1.08 bits per heavy atom. The van der Waals surface area contributed by atoms with E-state index in [0.29, 0.717) is 25.7 Å². The van der Waals surface area contributed by atoms with Crippen LogP contribution in [0.15, 0.2) is 99.0 Å². The van der Waals surface area contributed by atoms with Crippen LogP contribution in [0.2, 0.25) is 10.0 Å². The standard InChI is InChI=1S/C28H18BrCl2N3O3S2/c29-19-10-7-17(8-11-19)24-23(22(35)13-6-16-4-2-1-3-5-16)25(36)26(37)34(24)27-32-33-28(39-27)38-15-18-9-12-20(30)14-21(18)31/h1-14,24,36H,15H2. The topological polar surface area (TPSA) is 83.4 Å². The van der Waals surface area contributed by atoms with Crippen molar-refractivity contribution in [2.75, 3.05) is 4.90 Å². The lowest BCUT2D eigenvalue weighted by molar-refractivity contribution is -0.117. The van der Waals surface area contributed by atoms with Crippen molar-refractivity contribution in [3.8, 4) is 0 Å². The van der Waals surface area contributed by atoms with E-state index >= 15 is 0 Å². The molecule has 2 heterocycles. The van der Waals surface area contributed by atoms with E-state index in [4.69, 9.17) is 23.2 Å². The Bertz CT molecular complexity index is 1610. The van der Waals surface area contributed by atoms with Crippen LogP contribution in [0, 0.1) is 0 Å². The number of carbonyl (C=O) groups excluding carboxylic acids is 2. The summed E-state index contributed by atoms with van der Waals surface area (Å²) in [5, 5.41) is 20.7. The van der Waals surface area contributed by atoms with E-state index in [9.17, 15) is 14.7 Å². The Morgan fingerprint density at radius 3 is 2.54 bits per heavy atom. The van der Waals surface area contributed by atoms with Crippen LogP contribution < -0.4 is 4.90 Å². The van der Waals surface area contributed by atoms with Gasteiger partial charge >= 0.3 is 0 Å². The Hall–Kier alpha value is -2.95. The molecule has 0 aliphatic carbocycles. The molecule has 0 saturated carbocycles. The average Bonchev–Trinajstić information content (AvgIpc) is 3.50. The lowest BCUT2D eigenvalue weighted by Crippen LogP contribution is -2.30. The number of aromatic nitrogens is 2.